The van der Waals surface area contributed by atoms with Gasteiger partial charge in [-0.15, -0.1) is 0 Å². The van der Waals surface area contributed by atoms with Crippen molar-refractivity contribution in [2.24, 2.45) is 5.92 Å². The zero-order chi connectivity index (χ0) is 23.2. The van der Waals surface area contributed by atoms with E-state index in [9.17, 15) is 9.90 Å². The molecule has 0 saturated carbocycles. The first-order valence-corrected chi connectivity index (χ1v) is 11.6. The molecule has 1 aromatic carbocycles. The molecule has 178 valence electrons. The van der Waals surface area contributed by atoms with Crippen LogP contribution in [0.1, 0.15) is 17.7 Å². The molecule has 0 bridgehead atoms. The lowest BCUT2D eigenvalue weighted by Crippen LogP contribution is -2.48. The Labute approximate surface area is 194 Å². The highest BCUT2D eigenvalue weighted by Gasteiger charge is 2.25. The monoisotopic (exact) mass is 455 g/mol. The highest BCUT2D eigenvalue weighted by atomic mass is 16.5. The van der Waals surface area contributed by atoms with Crippen molar-refractivity contribution >= 4 is 11.7 Å². The van der Waals surface area contributed by atoms with E-state index in [2.05, 4.69) is 10.6 Å². The first kappa shape index (κ1) is 23.4. The fourth-order valence-electron chi connectivity index (χ4n) is 4.23. The maximum absolute atomic E-state index is 12.0. The van der Waals surface area contributed by atoms with Gasteiger partial charge in [-0.25, -0.2) is 9.97 Å². The van der Waals surface area contributed by atoms with Gasteiger partial charge in [-0.05, 0) is 44.9 Å². The van der Waals surface area contributed by atoms with Crippen LogP contribution >= 0.6 is 0 Å². The molecule has 0 aliphatic carbocycles. The van der Waals surface area contributed by atoms with Crippen LogP contribution < -0.4 is 20.3 Å². The summed E-state index contributed by atoms with van der Waals surface area (Å²) in [6.45, 7) is 5.83. The normalized spacial score (nSPS) is 19.4. The summed E-state index contributed by atoms with van der Waals surface area (Å²) in [6.07, 6.45) is 1.26. The second-order valence-corrected chi connectivity index (χ2v) is 8.70. The molecule has 3 heterocycles. The number of likely N-dealkylation sites (N-methyl/N-ethyl adjacent to an activating group) is 1. The molecule has 2 atom stereocenters. The van der Waals surface area contributed by atoms with Crippen molar-refractivity contribution in [3.8, 4) is 17.1 Å². The van der Waals surface area contributed by atoms with Crippen molar-refractivity contribution in [3.63, 3.8) is 0 Å². The molecule has 3 N–H and O–H groups in total. The van der Waals surface area contributed by atoms with Crippen LogP contribution in [-0.2, 0) is 16.0 Å². The Morgan fingerprint density at radius 2 is 2.27 bits per heavy atom. The van der Waals surface area contributed by atoms with Crippen LogP contribution in [0.3, 0.4) is 0 Å². The van der Waals surface area contributed by atoms with Gasteiger partial charge in [0.15, 0.2) is 5.82 Å². The van der Waals surface area contributed by atoms with Crippen LogP contribution in [-0.4, -0.2) is 80.1 Å². The van der Waals surface area contributed by atoms with Crippen molar-refractivity contribution in [3.05, 3.63) is 35.5 Å². The van der Waals surface area contributed by atoms with Crippen molar-refractivity contribution in [2.45, 2.75) is 25.9 Å². The minimum atomic E-state index is -0.591. The number of aliphatic hydroxyl groups is 1. The van der Waals surface area contributed by atoms with Gasteiger partial charge in [-0.2, -0.15) is 0 Å². The number of piperazine rings is 1. The third kappa shape index (κ3) is 5.98. The molecule has 2 fully saturated rings. The molecule has 0 spiro atoms. The number of hydrogen-bond donors (Lipinski definition) is 3. The van der Waals surface area contributed by atoms with E-state index in [1.165, 1.54) is 0 Å². The lowest BCUT2D eigenvalue weighted by atomic mass is 9.99. The lowest BCUT2D eigenvalue weighted by molar-refractivity contribution is -0.120. The van der Waals surface area contributed by atoms with Crippen LogP contribution in [0, 0.1) is 12.8 Å². The van der Waals surface area contributed by atoms with E-state index in [0.717, 1.165) is 48.7 Å². The average molecular weight is 456 g/mol. The number of nitrogens with zero attached hydrogens (tertiary/aromatic N) is 3. The molecule has 4 rings (SSSR count). The van der Waals surface area contributed by atoms with Gasteiger partial charge in [0.1, 0.15) is 24.3 Å². The summed E-state index contributed by atoms with van der Waals surface area (Å²) in [4.78, 5) is 23.9. The second-order valence-electron chi connectivity index (χ2n) is 8.70. The van der Waals surface area contributed by atoms with E-state index in [4.69, 9.17) is 19.4 Å². The van der Waals surface area contributed by atoms with Crippen molar-refractivity contribution in [1.29, 1.82) is 0 Å². The molecule has 9 nitrogen and oxygen atoms in total. The number of benzene rings is 1. The lowest BCUT2D eigenvalue weighted by Gasteiger charge is -2.30. The molecule has 2 saturated heterocycles. The van der Waals surface area contributed by atoms with Crippen molar-refractivity contribution in [1.82, 2.24) is 20.6 Å². The number of amides is 1. The van der Waals surface area contributed by atoms with Crippen LogP contribution in [0.15, 0.2) is 24.3 Å². The largest absolute Gasteiger partial charge is 0.491 e. The number of anilines is 1. The van der Waals surface area contributed by atoms with E-state index in [1.807, 2.05) is 36.1 Å². The highest BCUT2D eigenvalue weighted by Crippen LogP contribution is 2.29. The molecular formula is C24H33N5O4. The van der Waals surface area contributed by atoms with Gasteiger partial charge in [0, 0.05) is 49.7 Å². The van der Waals surface area contributed by atoms with Gasteiger partial charge in [-0.3, -0.25) is 4.79 Å². The number of carbonyl (C=O) groups is 1. The number of hydrogen-bond acceptors (Lipinski definition) is 8. The molecule has 1 amide bonds. The second kappa shape index (κ2) is 10.9. The predicted octanol–water partition coefficient (Wildman–Crippen LogP) is 0.926. The molecular weight excluding hydrogens is 422 g/mol. The summed E-state index contributed by atoms with van der Waals surface area (Å²) in [5.74, 6) is 2.50. The zero-order valence-electron chi connectivity index (χ0n) is 19.3. The van der Waals surface area contributed by atoms with E-state index in [-0.39, 0.29) is 19.1 Å². The molecule has 1 unspecified atom stereocenters. The van der Waals surface area contributed by atoms with Gasteiger partial charge in [0.05, 0.1) is 6.54 Å². The van der Waals surface area contributed by atoms with E-state index in [0.29, 0.717) is 37.1 Å². The Kier molecular flexibility index (Phi) is 7.74. The Morgan fingerprint density at radius 3 is 3.03 bits per heavy atom. The van der Waals surface area contributed by atoms with Gasteiger partial charge in [0.25, 0.3) is 0 Å². The molecule has 2 aromatic rings. The van der Waals surface area contributed by atoms with Crippen LogP contribution in [0.2, 0.25) is 0 Å². The van der Waals surface area contributed by atoms with E-state index < -0.39 is 6.10 Å². The van der Waals surface area contributed by atoms with Gasteiger partial charge < -0.3 is 30.1 Å². The summed E-state index contributed by atoms with van der Waals surface area (Å²) < 4.78 is 11.4. The highest BCUT2D eigenvalue weighted by molar-refractivity contribution is 5.82. The topological polar surface area (TPSA) is 109 Å². The Balaban J connectivity index is 1.64. The molecule has 1 aromatic heterocycles. The average Bonchev–Trinajstić information content (AvgIpc) is 3.32. The summed E-state index contributed by atoms with van der Waals surface area (Å²) in [5.41, 5.74) is 2.84. The first-order valence-electron chi connectivity index (χ1n) is 11.6. The zero-order valence-corrected chi connectivity index (χ0v) is 19.3. The molecule has 0 radical (unpaired) electrons. The molecule has 9 heteroatoms. The minimum absolute atomic E-state index is 0.00193. The summed E-state index contributed by atoms with van der Waals surface area (Å²) >= 11 is 0. The predicted molar refractivity (Wildman–Crippen MR) is 125 cm³/mol. The Morgan fingerprint density at radius 1 is 1.39 bits per heavy atom. The molecule has 33 heavy (non-hydrogen) atoms. The fourth-order valence-corrected chi connectivity index (χ4v) is 4.23. The molecule has 2 aliphatic heterocycles. The number of ether oxygens (including phenoxy) is 2. The van der Waals surface area contributed by atoms with E-state index in [1.54, 1.807) is 7.05 Å². The Bertz CT molecular complexity index is 964. The number of aromatic nitrogens is 2. The van der Waals surface area contributed by atoms with Crippen LogP contribution in [0.5, 0.6) is 5.75 Å². The first-order chi connectivity index (χ1) is 16.0. The third-order valence-corrected chi connectivity index (χ3v) is 6.04. The van der Waals surface area contributed by atoms with Crippen LogP contribution in [0.4, 0.5) is 5.82 Å². The SMILES string of the molecule is CNCC(O)COc1cccc(-c2nc(C[C@@H]3CCOC3)c(C)c(N3CCNC(=O)C3)n2)c1. The third-order valence-electron chi connectivity index (χ3n) is 6.04. The van der Waals surface area contributed by atoms with Gasteiger partial charge in [-0.1, -0.05) is 12.1 Å². The standard InChI is InChI=1S/C24H33N5O4/c1-16-21(10-17-6-9-32-14-17)27-23(28-24(16)29-8-7-26-22(31)13-29)18-4-3-5-20(11-18)33-15-19(30)12-25-2/h3-5,11,17,19,25,30H,6-10,12-15H2,1-2H3,(H,26,31)/t17-,19?/m0/s1. The number of rotatable bonds is 9. The maximum Gasteiger partial charge on any atom is 0.239 e. The number of carbonyl (C=O) groups excluding carboxylic acids is 1. The van der Waals surface area contributed by atoms with E-state index >= 15 is 0 Å². The smallest absolute Gasteiger partial charge is 0.239 e. The summed E-state index contributed by atoms with van der Waals surface area (Å²) in [5, 5.41) is 15.7. The minimum Gasteiger partial charge on any atom is -0.491 e. The fraction of sp³-hybridized carbons (Fsp3) is 0.542. The molecule has 2 aliphatic rings. The maximum atomic E-state index is 12.0. The van der Waals surface area contributed by atoms with Gasteiger partial charge >= 0.3 is 0 Å². The van der Waals surface area contributed by atoms with Crippen molar-refractivity contribution < 1.29 is 19.4 Å². The van der Waals surface area contributed by atoms with Gasteiger partial charge in [0.2, 0.25) is 5.91 Å². The summed E-state index contributed by atoms with van der Waals surface area (Å²) in [6, 6.07) is 7.61. The summed E-state index contributed by atoms with van der Waals surface area (Å²) in [7, 11) is 1.79. The number of nitrogens with one attached hydrogen (secondary N) is 2. The quantitative estimate of drug-likeness (QED) is 0.512. The van der Waals surface area contributed by atoms with Crippen LogP contribution in [0.25, 0.3) is 11.4 Å². The van der Waals surface area contributed by atoms with Crippen molar-refractivity contribution in [2.75, 3.05) is 57.9 Å². The Hall–Kier alpha value is -2.75. The number of aliphatic hydroxyl groups excluding tert-OH is 1.